The largest absolute Gasteiger partial charge is 0.429 e. The molecule has 1 aromatic carbocycles. The molecular weight excluding hydrogens is 484 g/mol. The molecule has 0 unspecified atom stereocenters. The van der Waals surface area contributed by atoms with E-state index in [0.29, 0.717) is 5.57 Å². The van der Waals surface area contributed by atoms with Crippen LogP contribution in [0.3, 0.4) is 0 Å². The summed E-state index contributed by atoms with van der Waals surface area (Å²) in [5.74, 6) is -0.481. The lowest BCUT2D eigenvalue weighted by molar-refractivity contribution is -0.141. The summed E-state index contributed by atoms with van der Waals surface area (Å²) in [4.78, 5) is 11.5. The fourth-order valence-corrected chi connectivity index (χ4v) is 3.38. The van der Waals surface area contributed by atoms with Crippen molar-refractivity contribution in [2.24, 2.45) is 0 Å². The highest BCUT2D eigenvalue weighted by molar-refractivity contribution is 9.24. The van der Waals surface area contributed by atoms with Crippen LogP contribution in [0.15, 0.2) is 39.3 Å². The second-order valence-corrected chi connectivity index (χ2v) is 8.23. The van der Waals surface area contributed by atoms with Gasteiger partial charge in [-0.3, -0.25) is 0 Å². The number of hydrogen-bond acceptors (Lipinski definition) is 2. The molecule has 0 aliphatic carbocycles. The number of halogens is 4. The number of ether oxygens (including phenoxy) is 1. The molecule has 92 valence electrons. The molecule has 0 amide bonds. The number of carbonyl (C=O) groups excluding carboxylic acids is 1. The number of alkyl halides is 2. The zero-order valence-corrected chi connectivity index (χ0v) is 15.1. The molecule has 0 aliphatic heterocycles. The second kappa shape index (κ2) is 5.99. The van der Waals surface area contributed by atoms with E-state index in [-0.39, 0.29) is 0 Å². The molecule has 0 spiro atoms. The first-order valence-electron chi connectivity index (χ1n) is 4.47. The van der Waals surface area contributed by atoms with E-state index in [0.717, 1.165) is 14.5 Å². The molecule has 0 aliphatic rings. The van der Waals surface area contributed by atoms with Crippen LogP contribution in [-0.4, -0.2) is 5.97 Å². The fourth-order valence-electron chi connectivity index (χ4n) is 0.987. The van der Waals surface area contributed by atoms with Gasteiger partial charge in [-0.1, -0.05) is 18.7 Å². The molecule has 0 heterocycles. The minimum atomic E-state index is -1.08. The predicted octanol–water partition coefficient (Wildman–Crippen LogP) is 5.23. The Kier molecular flexibility index (Phi) is 5.43. The Hall–Kier alpha value is 0.350. The molecule has 0 radical (unpaired) electrons. The van der Waals surface area contributed by atoms with Crippen LogP contribution in [-0.2, 0) is 13.0 Å². The minimum Gasteiger partial charge on any atom is -0.429 e. The van der Waals surface area contributed by atoms with Crippen molar-refractivity contribution >= 4 is 69.7 Å². The van der Waals surface area contributed by atoms with Crippen LogP contribution in [0.25, 0.3) is 0 Å². The zero-order valence-electron chi connectivity index (χ0n) is 8.77. The Balaban J connectivity index is 3.09. The highest BCUT2D eigenvalue weighted by Gasteiger charge is 2.32. The lowest BCUT2D eigenvalue weighted by Crippen LogP contribution is -2.20. The van der Waals surface area contributed by atoms with Gasteiger partial charge in [-0.15, -0.1) is 0 Å². The zero-order chi connectivity index (χ0) is 13.2. The molecule has 17 heavy (non-hydrogen) atoms. The number of hydrogen-bond donors (Lipinski definition) is 0. The molecule has 0 saturated carbocycles. The fraction of sp³-hybridized carbons (Fsp3) is 0.182. The third-order valence-electron chi connectivity index (χ3n) is 1.83. The van der Waals surface area contributed by atoms with Crippen LogP contribution in [0.4, 0.5) is 0 Å². The third kappa shape index (κ3) is 3.91. The van der Waals surface area contributed by atoms with E-state index in [9.17, 15) is 4.79 Å². The normalized spacial score (nSPS) is 11.1. The molecule has 1 rings (SSSR count). The molecule has 6 heteroatoms. The lowest BCUT2D eigenvalue weighted by atomic mass is 10.2. The molecule has 0 aromatic heterocycles. The molecule has 0 fully saturated rings. The smallest absolute Gasteiger partial charge is 0.335 e. The number of esters is 1. The summed E-state index contributed by atoms with van der Waals surface area (Å²) in [7, 11) is 0. The van der Waals surface area contributed by atoms with E-state index < -0.39 is 9.39 Å². The highest BCUT2D eigenvalue weighted by atomic mass is 79.9. The van der Waals surface area contributed by atoms with Crippen LogP contribution in [0.2, 0.25) is 0 Å². The van der Waals surface area contributed by atoms with Gasteiger partial charge in [0, 0.05) is 20.1 Å². The molecule has 2 nitrogen and oxygen atoms in total. The molecule has 0 atom stereocenters. The van der Waals surface area contributed by atoms with Crippen LogP contribution in [0.5, 0.6) is 0 Å². The van der Waals surface area contributed by atoms with E-state index in [2.05, 4.69) is 70.3 Å². The van der Waals surface area contributed by atoms with Crippen LogP contribution >= 0.6 is 63.7 Å². The average molecular weight is 492 g/mol. The van der Waals surface area contributed by atoms with Gasteiger partial charge in [0.15, 0.2) is 0 Å². The second-order valence-electron chi connectivity index (χ2n) is 3.29. The lowest BCUT2D eigenvalue weighted by Gasteiger charge is -2.23. The van der Waals surface area contributed by atoms with Crippen LogP contribution in [0, 0.1) is 0 Å². The van der Waals surface area contributed by atoms with Gasteiger partial charge in [0.25, 0.3) is 0 Å². The SMILES string of the molecule is C=C(C)C(=O)OC(Br)(Br)c1cccc(Br)c1Br. The van der Waals surface area contributed by atoms with Crippen molar-refractivity contribution in [1.82, 2.24) is 0 Å². The topological polar surface area (TPSA) is 26.3 Å². The summed E-state index contributed by atoms with van der Waals surface area (Å²) in [5.41, 5.74) is 1.07. The first kappa shape index (κ1) is 15.4. The Morgan fingerprint density at radius 2 is 1.94 bits per heavy atom. The summed E-state index contributed by atoms with van der Waals surface area (Å²) in [6.45, 7) is 5.13. The number of benzene rings is 1. The highest BCUT2D eigenvalue weighted by Crippen LogP contribution is 2.45. The van der Waals surface area contributed by atoms with Gasteiger partial charge in [0.2, 0.25) is 3.42 Å². The molecule has 0 saturated heterocycles. The monoisotopic (exact) mass is 488 g/mol. The maximum Gasteiger partial charge on any atom is 0.335 e. The minimum absolute atomic E-state index is 0.333. The van der Waals surface area contributed by atoms with Gasteiger partial charge in [-0.25, -0.2) is 4.79 Å². The maximum atomic E-state index is 11.5. The molecule has 0 N–H and O–H groups in total. The van der Waals surface area contributed by atoms with Crippen molar-refractivity contribution in [3.05, 3.63) is 44.9 Å². The quantitative estimate of drug-likeness (QED) is 0.329. The first-order valence-corrected chi connectivity index (χ1v) is 7.64. The van der Waals surface area contributed by atoms with Gasteiger partial charge in [0.05, 0.1) is 0 Å². The van der Waals surface area contributed by atoms with Gasteiger partial charge in [0.1, 0.15) is 0 Å². The average Bonchev–Trinajstić information content (AvgIpc) is 2.21. The number of rotatable bonds is 3. The van der Waals surface area contributed by atoms with E-state index in [1.807, 2.05) is 18.2 Å². The Morgan fingerprint density at radius 1 is 1.35 bits per heavy atom. The summed E-state index contributed by atoms with van der Waals surface area (Å²) >= 11 is 13.5. The van der Waals surface area contributed by atoms with Gasteiger partial charge in [-0.2, -0.15) is 0 Å². The van der Waals surface area contributed by atoms with Gasteiger partial charge < -0.3 is 4.74 Å². The summed E-state index contributed by atoms with van der Waals surface area (Å²) in [5, 5.41) is 0. The standard InChI is InChI=1S/C11H8Br4O2/c1-6(2)10(16)17-11(14,15)7-4-3-5-8(12)9(7)13/h3-5H,1H2,2H3. The Labute approximate surface area is 133 Å². The first-order chi connectivity index (χ1) is 7.75. The summed E-state index contributed by atoms with van der Waals surface area (Å²) in [6, 6.07) is 5.55. The van der Waals surface area contributed by atoms with Crippen molar-refractivity contribution in [2.45, 2.75) is 10.3 Å². The molecule has 1 aromatic rings. The van der Waals surface area contributed by atoms with Crippen molar-refractivity contribution in [1.29, 1.82) is 0 Å². The molecule has 0 bridgehead atoms. The van der Waals surface area contributed by atoms with E-state index >= 15 is 0 Å². The Morgan fingerprint density at radius 3 is 2.47 bits per heavy atom. The van der Waals surface area contributed by atoms with Gasteiger partial charge in [-0.05, 0) is 76.7 Å². The van der Waals surface area contributed by atoms with E-state index in [1.54, 1.807) is 6.92 Å². The predicted molar refractivity (Wildman–Crippen MR) is 82.3 cm³/mol. The Bertz CT molecular complexity index is 469. The molecular formula is C11H8Br4O2. The van der Waals surface area contributed by atoms with Crippen molar-refractivity contribution < 1.29 is 9.53 Å². The maximum absolute atomic E-state index is 11.5. The summed E-state index contributed by atoms with van der Waals surface area (Å²) in [6.07, 6.45) is 0. The van der Waals surface area contributed by atoms with Crippen LogP contribution in [0.1, 0.15) is 12.5 Å². The van der Waals surface area contributed by atoms with Crippen molar-refractivity contribution in [3.8, 4) is 0 Å². The van der Waals surface area contributed by atoms with Crippen molar-refractivity contribution in [2.75, 3.05) is 0 Å². The number of carbonyl (C=O) groups is 1. The van der Waals surface area contributed by atoms with Crippen molar-refractivity contribution in [3.63, 3.8) is 0 Å². The van der Waals surface area contributed by atoms with E-state index in [1.165, 1.54) is 0 Å². The van der Waals surface area contributed by atoms with Gasteiger partial charge >= 0.3 is 5.97 Å². The summed E-state index contributed by atoms with van der Waals surface area (Å²) < 4.78 is 5.84. The van der Waals surface area contributed by atoms with Crippen LogP contribution < -0.4 is 0 Å². The van der Waals surface area contributed by atoms with E-state index in [4.69, 9.17) is 4.74 Å². The third-order valence-corrected chi connectivity index (χ3v) is 5.06.